The van der Waals surface area contributed by atoms with Crippen LogP contribution >= 0.6 is 0 Å². The van der Waals surface area contributed by atoms with Crippen molar-refractivity contribution in [1.29, 1.82) is 0 Å². The van der Waals surface area contributed by atoms with E-state index in [1.54, 1.807) is 29.1 Å². The third kappa shape index (κ3) is 2.50. The van der Waals surface area contributed by atoms with E-state index >= 15 is 0 Å². The van der Waals surface area contributed by atoms with E-state index in [-0.39, 0.29) is 5.82 Å². The maximum Gasteiger partial charge on any atom is 0.178 e. The zero-order chi connectivity index (χ0) is 15.8. The summed E-state index contributed by atoms with van der Waals surface area (Å²) < 4.78 is 14.7. The van der Waals surface area contributed by atoms with Crippen molar-refractivity contribution < 1.29 is 4.39 Å². The van der Waals surface area contributed by atoms with Crippen molar-refractivity contribution in [2.45, 2.75) is 6.42 Å². The molecule has 0 atom stereocenters. The fourth-order valence-electron chi connectivity index (χ4n) is 2.47. The molecule has 0 unspecified atom stereocenters. The van der Waals surface area contributed by atoms with Crippen LogP contribution in [0.25, 0.3) is 16.9 Å². The van der Waals surface area contributed by atoms with Gasteiger partial charge in [-0.25, -0.2) is 19.2 Å². The number of hydrogen-bond acceptors (Lipinski definition) is 5. The van der Waals surface area contributed by atoms with Crippen LogP contribution in [0.3, 0.4) is 0 Å². The molecule has 23 heavy (non-hydrogen) atoms. The summed E-state index contributed by atoms with van der Waals surface area (Å²) in [6.45, 7) is 0. The highest BCUT2D eigenvalue weighted by Crippen LogP contribution is 2.19. The average molecular weight is 309 g/mol. The SMILES string of the molecule is Nc1cc(Cc2cnn(-c3ccc(F)cc3)c2)c2nn[nH]c2n1. The molecule has 7 nitrogen and oxygen atoms in total. The minimum atomic E-state index is -0.276. The number of nitrogens with one attached hydrogen (secondary N) is 1. The zero-order valence-corrected chi connectivity index (χ0v) is 11.9. The zero-order valence-electron chi connectivity index (χ0n) is 11.9. The van der Waals surface area contributed by atoms with Gasteiger partial charge >= 0.3 is 0 Å². The summed E-state index contributed by atoms with van der Waals surface area (Å²) in [5.41, 5.74) is 9.74. The predicted octanol–water partition coefficient (Wildman–Crippen LogP) is 1.85. The second-order valence-corrected chi connectivity index (χ2v) is 5.16. The standard InChI is InChI=1S/C15H12FN7/c16-11-1-3-12(4-2-11)23-8-9(7-18-23)5-10-6-13(17)19-15-14(10)20-22-21-15/h1-4,6-8H,5H2,(H3,17,19,20,21,22). The molecular formula is C15H12FN7. The molecule has 0 amide bonds. The number of hydrogen-bond donors (Lipinski definition) is 2. The third-order valence-electron chi connectivity index (χ3n) is 3.52. The van der Waals surface area contributed by atoms with E-state index in [4.69, 9.17) is 5.73 Å². The minimum absolute atomic E-state index is 0.276. The number of benzene rings is 1. The lowest BCUT2D eigenvalue weighted by Gasteiger charge is -2.02. The number of anilines is 1. The Morgan fingerprint density at radius 1 is 1.22 bits per heavy atom. The van der Waals surface area contributed by atoms with Crippen molar-refractivity contribution in [1.82, 2.24) is 30.2 Å². The van der Waals surface area contributed by atoms with Crippen molar-refractivity contribution in [2.24, 2.45) is 0 Å². The first kappa shape index (κ1) is 13.4. The maximum atomic E-state index is 13.0. The molecule has 0 saturated heterocycles. The van der Waals surface area contributed by atoms with Crippen LogP contribution < -0.4 is 5.73 Å². The number of nitrogens with zero attached hydrogens (tertiary/aromatic N) is 5. The summed E-state index contributed by atoms with van der Waals surface area (Å²) >= 11 is 0. The van der Waals surface area contributed by atoms with Crippen molar-refractivity contribution in [3.63, 3.8) is 0 Å². The Bertz CT molecular complexity index is 971. The highest BCUT2D eigenvalue weighted by Gasteiger charge is 2.10. The molecule has 3 N–H and O–H groups in total. The molecule has 3 aromatic heterocycles. The quantitative estimate of drug-likeness (QED) is 0.602. The van der Waals surface area contributed by atoms with Crippen LogP contribution in [-0.2, 0) is 6.42 Å². The van der Waals surface area contributed by atoms with E-state index in [2.05, 4.69) is 25.5 Å². The molecule has 0 spiro atoms. The summed E-state index contributed by atoms with van der Waals surface area (Å²) in [7, 11) is 0. The molecule has 114 valence electrons. The third-order valence-corrected chi connectivity index (χ3v) is 3.52. The Labute approximate surface area is 130 Å². The molecule has 0 bridgehead atoms. The molecule has 8 heteroatoms. The van der Waals surface area contributed by atoms with Gasteiger partial charge in [0.2, 0.25) is 0 Å². The van der Waals surface area contributed by atoms with Crippen molar-refractivity contribution in [3.8, 4) is 5.69 Å². The molecule has 4 aromatic rings. The maximum absolute atomic E-state index is 13.0. The predicted molar refractivity (Wildman–Crippen MR) is 82.4 cm³/mol. The largest absolute Gasteiger partial charge is 0.384 e. The van der Waals surface area contributed by atoms with Crippen LogP contribution in [0.15, 0.2) is 42.7 Å². The number of H-pyrrole nitrogens is 1. The normalized spacial score (nSPS) is 11.2. The van der Waals surface area contributed by atoms with Gasteiger partial charge in [0.1, 0.15) is 17.2 Å². The Morgan fingerprint density at radius 2 is 2.04 bits per heavy atom. The summed E-state index contributed by atoms with van der Waals surface area (Å²) in [5, 5.41) is 14.8. The number of nitrogen functional groups attached to an aromatic ring is 1. The van der Waals surface area contributed by atoms with Crippen LogP contribution in [-0.4, -0.2) is 30.2 Å². The summed E-state index contributed by atoms with van der Waals surface area (Å²) in [6, 6.07) is 7.93. The van der Waals surface area contributed by atoms with Gasteiger partial charge in [-0.2, -0.15) is 5.10 Å². The number of aromatic amines is 1. The van der Waals surface area contributed by atoms with Gasteiger partial charge in [0.05, 0.1) is 11.9 Å². The molecule has 0 aliphatic rings. The lowest BCUT2D eigenvalue weighted by atomic mass is 10.1. The van der Waals surface area contributed by atoms with E-state index in [9.17, 15) is 4.39 Å². The summed E-state index contributed by atoms with van der Waals surface area (Å²) in [4.78, 5) is 4.14. The highest BCUT2D eigenvalue weighted by molar-refractivity contribution is 5.76. The Kier molecular flexibility index (Phi) is 3.00. The molecule has 0 aliphatic carbocycles. The van der Waals surface area contributed by atoms with Gasteiger partial charge in [-0.05, 0) is 41.5 Å². The van der Waals surface area contributed by atoms with Gasteiger partial charge in [0, 0.05) is 12.6 Å². The van der Waals surface area contributed by atoms with Crippen LogP contribution in [0.5, 0.6) is 0 Å². The van der Waals surface area contributed by atoms with Crippen molar-refractivity contribution in [2.75, 3.05) is 5.73 Å². The minimum Gasteiger partial charge on any atom is -0.384 e. The lowest BCUT2D eigenvalue weighted by molar-refractivity contribution is 0.627. The number of aromatic nitrogens is 6. The Balaban J connectivity index is 1.67. The smallest absolute Gasteiger partial charge is 0.178 e. The molecule has 3 heterocycles. The Hall–Kier alpha value is -3.29. The molecule has 0 radical (unpaired) electrons. The lowest BCUT2D eigenvalue weighted by Crippen LogP contribution is -1.96. The topological polar surface area (TPSA) is 98.3 Å². The number of nitrogens with two attached hydrogens (primary N) is 1. The van der Waals surface area contributed by atoms with Gasteiger partial charge in [-0.3, -0.25) is 0 Å². The molecule has 1 aromatic carbocycles. The van der Waals surface area contributed by atoms with Crippen LogP contribution in [0.1, 0.15) is 11.1 Å². The molecule has 0 fully saturated rings. The van der Waals surface area contributed by atoms with Gasteiger partial charge in [-0.15, -0.1) is 5.10 Å². The van der Waals surface area contributed by atoms with E-state index in [0.29, 0.717) is 23.4 Å². The Morgan fingerprint density at radius 3 is 2.87 bits per heavy atom. The second-order valence-electron chi connectivity index (χ2n) is 5.16. The number of pyridine rings is 1. The van der Waals surface area contributed by atoms with E-state index in [1.165, 1.54) is 12.1 Å². The number of halogens is 1. The first-order chi connectivity index (χ1) is 11.2. The van der Waals surface area contributed by atoms with Crippen molar-refractivity contribution >= 4 is 17.0 Å². The summed E-state index contributed by atoms with van der Waals surface area (Å²) in [5.74, 6) is 0.131. The van der Waals surface area contributed by atoms with Gasteiger partial charge in [0.25, 0.3) is 0 Å². The van der Waals surface area contributed by atoms with E-state index in [1.807, 2.05) is 6.20 Å². The van der Waals surface area contributed by atoms with Crippen molar-refractivity contribution in [3.05, 3.63) is 59.7 Å². The molecule has 0 saturated carbocycles. The van der Waals surface area contributed by atoms with Gasteiger partial charge < -0.3 is 5.73 Å². The number of rotatable bonds is 3. The monoisotopic (exact) mass is 309 g/mol. The fourth-order valence-corrected chi connectivity index (χ4v) is 2.47. The van der Waals surface area contributed by atoms with Crippen LogP contribution in [0.2, 0.25) is 0 Å². The van der Waals surface area contributed by atoms with Gasteiger partial charge in [0.15, 0.2) is 5.65 Å². The molecule has 4 rings (SSSR count). The highest BCUT2D eigenvalue weighted by atomic mass is 19.1. The van der Waals surface area contributed by atoms with E-state index in [0.717, 1.165) is 16.8 Å². The molecule has 0 aliphatic heterocycles. The average Bonchev–Trinajstić information content (AvgIpc) is 3.17. The fraction of sp³-hybridized carbons (Fsp3) is 0.0667. The first-order valence-corrected chi connectivity index (χ1v) is 6.95. The second kappa shape index (κ2) is 5.16. The first-order valence-electron chi connectivity index (χ1n) is 6.95. The van der Waals surface area contributed by atoms with Gasteiger partial charge in [-0.1, -0.05) is 5.21 Å². The number of fused-ring (bicyclic) bond motifs is 1. The van der Waals surface area contributed by atoms with Crippen LogP contribution in [0, 0.1) is 5.82 Å². The molecular weight excluding hydrogens is 297 g/mol. The van der Waals surface area contributed by atoms with E-state index < -0.39 is 0 Å². The van der Waals surface area contributed by atoms with Crippen LogP contribution in [0.4, 0.5) is 10.2 Å². The summed E-state index contributed by atoms with van der Waals surface area (Å²) in [6.07, 6.45) is 4.23.